The minimum absolute atomic E-state index is 0.173. The van der Waals surface area contributed by atoms with Crippen molar-refractivity contribution in [3.05, 3.63) is 99.9 Å². The molecule has 152 valence electrons. The number of benzene rings is 3. The molecule has 0 bridgehead atoms. The second-order valence-corrected chi connectivity index (χ2v) is 8.12. The Morgan fingerprint density at radius 2 is 1.68 bits per heavy atom. The zero-order valence-electron chi connectivity index (χ0n) is 16.4. The molecule has 5 aromatic rings. The number of rotatable bonds is 4. The van der Waals surface area contributed by atoms with Gasteiger partial charge in [0.2, 0.25) is 5.78 Å². The minimum atomic E-state index is -0.365. The van der Waals surface area contributed by atoms with E-state index in [1.807, 2.05) is 43.3 Å². The van der Waals surface area contributed by atoms with Crippen LogP contribution in [0.3, 0.4) is 0 Å². The molecule has 0 aliphatic carbocycles. The molecule has 0 saturated carbocycles. The van der Waals surface area contributed by atoms with E-state index in [4.69, 9.17) is 8.83 Å². The zero-order valence-corrected chi connectivity index (χ0v) is 18.0. The Labute approximate surface area is 185 Å². The lowest BCUT2D eigenvalue weighted by atomic mass is 10.0. The lowest BCUT2D eigenvalue weighted by molar-refractivity contribution is 0.0995. The molecule has 5 rings (SSSR count). The number of aryl methyl sites for hydroxylation is 1. The normalized spacial score (nSPS) is 11.2. The van der Waals surface area contributed by atoms with Crippen LogP contribution in [0.5, 0.6) is 0 Å². The first-order valence-electron chi connectivity index (χ1n) is 9.63. The van der Waals surface area contributed by atoms with E-state index in [0.29, 0.717) is 28.2 Å². The maximum atomic E-state index is 12.8. The molecule has 5 nitrogen and oxygen atoms in total. The molecule has 1 amide bonds. The van der Waals surface area contributed by atoms with Gasteiger partial charge in [-0.15, -0.1) is 0 Å². The number of hydrogen-bond donors (Lipinski definition) is 1. The number of anilines is 1. The van der Waals surface area contributed by atoms with Crippen LogP contribution in [0.2, 0.25) is 0 Å². The summed E-state index contributed by atoms with van der Waals surface area (Å²) in [6.07, 6.45) is 0. The van der Waals surface area contributed by atoms with Crippen molar-refractivity contribution in [3.8, 4) is 0 Å². The van der Waals surface area contributed by atoms with Crippen LogP contribution in [0, 0.1) is 6.92 Å². The molecular formula is C25H16BrNO4. The van der Waals surface area contributed by atoms with E-state index in [9.17, 15) is 9.59 Å². The van der Waals surface area contributed by atoms with Crippen LogP contribution in [-0.2, 0) is 0 Å². The van der Waals surface area contributed by atoms with E-state index in [2.05, 4.69) is 21.2 Å². The third-order valence-corrected chi connectivity index (χ3v) is 5.63. The largest absolute Gasteiger partial charge is 0.452 e. The van der Waals surface area contributed by atoms with Gasteiger partial charge in [-0.1, -0.05) is 46.3 Å². The summed E-state index contributed by atoms with van der Waals surface area (Å²) in [5, 5.41) is 4.49. The average Bonchev–Trinajstić information content (AvgIpc) is 3.34. The number of carbonyl (C=O) groups excluding carboxylic acids is 2. The molecule has 0 unspecified atom stereocenters. The van der Waals surface area contributed by atoms with E-state index in [1.165, 1.54) is 0 Å². The van der Waals surface area contributed by atoms with Gasteiger partial charge in [0, 0.05) is 38.1 Å². The summed E-state index contributed by atoms with van der Waals surface area (Å²) in [6, 6.07) is 21.6. The lowest BCUT2D eigenvalue weighted by Gasteiger charge is -2.02. The van der Waals surface area contributed by atoms with Gasteiger partial charge in [0.05, 0.1) is 0 Å². The smallest absolute Gasteiger partial charge is 0.291 e. The number of ketones is 1. The van der Waals surface area contributed by atoms with E-state index in [-0.39, 0.29) is 17.5 Å². The summed E-state index contributed by atoms with van der Waals surface area (Å²) in [5.41, 5.74) is 3.04. The summed E-state index contributed by atoms with van der Waals surface area (Å²) in [5.74, 6) is -0.0276. The predicted octanol–water partition coefficient (Wildman–Crippen LogP) is 6.73. The number of nitrogens with one attached hydrogen (secondary N) is 1. The molecule has 0 spiro atoms. The van der Waals surface area contributed by atoms with Crippen LogP contribution in [0.15, 0.2) is 86.1 Å². The second-order valence-electron chi connectivity index (χ2n) is 7.21. The first-order chi connectivity index (χ1) is 15.0. The Bertz CT molecular complexity index is 1460. The Hall–Kier alpha value is -3.64. The fourth-order valence-electron chi connectivity index (χ4n) is 3.56. The Morgan fingerprint density at radius 3 is 2.48 bits per heavy atom. The van der Waals surface area contributed by atoms with Gasteiger partial charge in [0.15, 0.2) is 11.5 Å². The van der Waals surface area contributed by atoms with Crippen molar-refractivity contribution in [1.29, 1.82) is 0 Å². The zero-order chi connectivity index (χ0) is 21.5. The molecule has 0 fully saturated rings. The van der Waals surface area contributed by atoms with E-state index in [0.717, 1.165) is 20.8 Å². The van der Waals surface area contributed by atoms with Gasteiger partial charge in [-0.05, 0) is 43.3 Å². The summed E-state index contributed by atoms with van der Waals surface area (Å²) >= 11 is 3.41. The third-order valence-electron chi connectivity index (χ3n) is 5.14. The van der Waals surface area contributed by atoms with Gasteiger partial charge in [0.1, 0.15) is 11.2 Å². The van der Waals surface area contributed by atoms with Crippen molar-refractivity contribution in [2.45, 2.75) is 6.92 Å². The summed E-state index contributed by atoms with van der Waals surface area (Å²) < 4.78 is 12.4. The highest BCUT2D eigenvalue weighted by atomic mass is 79.9. The van der Waals surface area contributed by atoms with Crippen LogP contribution in [0.25, 0.3) is 21.9 Å². The van der Waals surface area contributed by atoms with Gasteiger partial charge in [-0.2, -0.15) is 0 Å². The van der Waals surface area contributed by atoms with Crippen LogP contribution in [0.1, 0.15) is 32.2 Å². The SMILES string of the molecule is Cc1c(C(=O)c2ccccc2)oc2cc(NC(=O)c3cc4cc(Br)ccc4o3)ccc12. The molecule has 0 aliphatic rings. The number of carbonyl (C=O) groups is 2. The number of halogens is 1. The fraction of sp³-hybridized carbons (Fsp3) is 0.0400. The van der Waals surface area contributed by atoms with Crippen molar-refractivity contribution in [1.82, 2.24) is 0 Å². The van der Waals surface area contributed by atoms with Crippen molar-refractivity contribution in [2.24, 2.45) is 0 Å². The molecule has 0 atom stereocenters. The highest BCUT2D eigenvalue weighted by molar-refractivity contribution is 9.10. The van der Waals surface area contributed by atoms with E-state index >= 15 is 0 Å². The Kier molecular flexibility index (Phi) is 4.71. The maximum absolute atomic E-state index is 12.8. The van der Waals surface area contributed by atoms with Gasteiger partial charge in [0.25, 0.3) is 5.91 Å². The maximum Gasteiger partial charge on any atom is 0.291 e. The molecule has 3 aromatic carbocycles. The molecular weight excluding hydrogens is 458 g/mol. The number of furan rings is 2. The average molecular weight is 474 g/mol. The molecule has 0 radical (unpaired) electrons. The summed E-state index contributed by atoms with van der Waals surface area (Å²) in [7, 11) is 0. The molecule has 0 saturated heterocycles. The molecule has 2 aromatic heterocycles. The number of amides is 1. The van der Waals surface area contributed by atoms with Crippen molar-refractivity contribution < 1.29 is 18.4 Å². The second kappa shape index (κ2) is 7.56. The van der Waals surface area contributed by atoms with Crippen molar-refractivity contribution in [3.63, 3.8) is 0 Å². The van der Waals surface area contributed by atoms with Gasteiger partial charge in [-0.25, -0.2) is 0 Å². The Morgan fingerprint density at radius 1 is 0.871 bits per heavy atom. The quantitative estimate of drug-likeness (QED) is 0.293. The first-order valence-corrected chi connectivity index (χ1v) is 10.4. The van der Waals surface area contributed by atoms with Crippen LogP contribution >= 0.6 is 15.9 Å². The van der Waals surface area contributed by atoms with Crippen molar-refractivity contribution in [2.75, 3.05) is 5.32 Å². The van der Waals surface area contributed by atoms with Crippen LogP contribution < -0.4 is 5.32 Å². The first kappa shape index (κ1) is 19.3. The molecule has 31 heavy (non-hydrogen) atoms. The van der Waals surface area contributed by atoms with Gasteiger partial charge < -0.3 is 14.2 Å². The predicted molar refractivity (Wildman–Crippen MR) is 123 cm³/mol. The van der Waals surface area contributed by atoms with Crippen molar-refractivity contribution >= 4 is 55.2 Å². The summed E-state index contributed by atoms with van der Waals surface area (Å²) in [4.78, 5) is 25.5. The molecule has 6 heteroatoms. The minimum Gasteiger partial charge on any atom is -0.452 e. The van der Waals surface area contributed by atoms with Crippen LogP contribution in [-0.4, -0.2) is 11.7 Å². The number of hydrogen-bond acceptors (Lipinski definition) is 4. The molecule has 2 heterocycles. The molecule has 1 N–H and O–H groups in total. The molecule has 0 aliphatic heterocycles. The lowest BCUT2D eigenvalue weighted by Crippen LogP contribution is -2.10. The number of fused-ring (bicyclic) bond motifs is 2. The van der Waals surface area contributed by atoms with Crippen LogP contribution in [0.4, 0.5) is 5.69 Å². The fourth-order valence-corrected chi connectivity index (χ4v) is 3.94. The van der Waals surface area contributed by atoms with E-state index in [1.54, 1.807) is 36.4 Å². The third kappa shape index (κ3) is 3.55. The highest BCUT2D eigenvalue weighted by Gasteiger charge is 2.20. The topological polar surface area (TPSA) is 72.5 Å². The van der Waals surface area contributed by atoms with Gasteiger partial charge in [-0.3, -0.25) is 9.59 Å². The monoisotopic (exact) mass is 473 g/mol. The Balaban J connectivity index is 1.44. The highest BCUT2D eigenvalue weighted by Crippen LogP contribution is 2.30. The summed E-state index contributed by atoms with van der Waals surface area (Å²) in [6.45, 7) is 1.85. The van der Waals surface area contributed by atoms with Gasteiger partial charge >= 0.3 is 0 Å². The standard InChI is InChI=1S/C25H16BrNO4/c1-14-19-9-8-18(13-21(19)31-24(14)23(28)15-5-3-2-4-6-15)27-25(29)22-12-16-11-17(26)7-10-20(16)30-22/h2-13H,1H3,(H,27,29). The van der Waals surface area contributed by atoms with E-state index < -0.39 is 0 Å².